The van der Waals surface area contributed by atoms with E-state index in [1.165, 1.54) is 0 Å². The number of hydrogen-bond donors (Lipinski definition) is 1. The lowest BCUT2D eigenvalue weighted by Gasteiger charge is -2.20. The second-order valence-electron chi connectivity index (χ2n) is 4.65. The molecule has 1 heterocycles. The number of nitrogens with zero attached hydrogens (tertiary/aromatic N) is 1. The molecule has 1 aliphatic rings. The van der Waals surface area contributed by atoms with Gasteiger partial charge in [0.2, 0.25) is 5.60 Å². The Morgan fingerprint density at radius 3 is 2.89 bits per heavy atom. The molecule has 0 unspecified atom stereocenters. The minimum atomic E-state index is -0.932. The number of ether oxygens (including phenoxy) is 1. The molecule has 19 heavy (non-hydrogen) atoms. The van der Waals surface area contributed by atoms with Crippen molar-refractivity contribution in [2.75, 3.05) is 20.3 Å². The van der Waals surface area contributed by atoms with Crippen LogP contribution in [0.4, 0.5) is 0 Å². The van der Waals surface area contributed by atoms with Crippen molar-refractivity contribution in [3.63, 3.8) is 0 Å². The molecule has 1 atom stereocenters. The highest BCUT2D eigenvalue weighted by atomic mass is 16.7. The Morgan fingerprint density at radius 1 is 1.47 bits per heavy atom. The van der Waals surface area contributed by atoms with Crippen molar-refractivity contribution < 1.29 is 14.4 Å². The molecule has 1 aromatic rings. The van der Waals surface area contributed by atoms with Gasteiger partial charge in [0.05, 0.1) is 12.3 Å². The van der Waals surface area contributed by atoms with E-state index in [9.17, 15) is 4.79 Å². The average Bonchev–Trinajstić information content (AvgIpc) is 2.84. The fourth-order valence-corrected chi connectivity index (χ4v) is 1.90. The topological polar surface area (TPSA) is 59.9 Å². The molecule has 1 amide bonds. The summed E-state index contributed by atoms with van der Waals surface area (Å²) in [5.74, 6) is -0.167. The third kappa shape index (κ3) is 3.12. The van der Waals surface area contributed by atoms with Crippen LogP contribution in [0.3, 0.4) is 0 Å². The monoisotopic (exact) mass is 262 g/mol. The van der Waals surface area contributed by atoms with Crippen molar-refractivity contribution in [3.05, 3.63) is 35.9 Å². The summed E-state index contributed by atoms with van der Waals surface area (Å²) in [7, 11) is 1.59. The van der Waals surface area contributed by atoms with E-state index >= 15 is 0 Å². The number of carbonyl (C=O) groups excluding carboxylic acids is 1. The van der Waals surface area contributed by atoms with Crippen LogP contribution >= 0.6 is 0 Å². The zero-order chi connectivity index (χ0) is 13.7. The number of methoxy groups -OCH3 is 1. The Kier molecular flexibility index (Phi) is 4.16. The maximum Gasteiger partial charge on any atom is 0.267 e. The van der Waals surface area contributed by atoms with E-state index in [0.717, 1.165) is 11.3 Å². The van der Waals surface area contributed by atoms with Crippen LogP contribution in [-0.4, -0.2) is 37.5 Å². The van der Waals surface area contributed by atoms with E-state index < -0.39 is 5.60 Å². The highest BCUT2D eigenvalue weighted by molar-refractivity contribution is 6.05. The van der Waals surface area contributed by atoms with E-state index in [1.807, 2.05) is 30.3 Å². The molecule has 0 radical (unpaired) electrons. The lowest BCUT2D eigenvalue weighted by atomic mass is 9.95. The Balaban J connectivity index is 1.97. The fraction of sp³-hybridized carbons (Fsp3) is 0.429. The Bertz CT molecular complexity index is 473. The molecule has 0 saturated carbocycles. The van der Waals surface area contributed by atoms with Crippen molar-refractivity contribution in [1.29, 1.82) is 0 Å². The predicted octanol–water partition coefficient (Wildman–Crippen LogP) is 1.33. The van der Waals surface area contributed by atoms with E-state index in [1.54, 1.807) is 14.0 Å². The van der Waals surface area contributed by atoms with Crippen molar-refractivity contribution in [3.8, 4) is 0 Å². The summed E-state index contributed by atoms with van der Waals surface area (Å²) < 4.78 is 4.89. The zero-order valence-corrected chi connectivity index (χ0v) is 11.2. The Hall–Kier alpha value is -1.88. The molecule has 0 bridgehead atoms. The van der Waals surface area contributed by atoms with Gasteiger partial charge in [-0.25, -0.2) is 0 Å². The summed E-state index contributed by atoms with van der Waals surface area (Å²) in [6.07, 6.45) is 0.468. The second kappa shape index (κ2) is 5.84. The highest BCUT2D eigenvalue weighted by Crippen LogP contribution is 2.26. The van der Waals surface area contributed by atoms with Crippen molar-refractivity contribution in [2.24, 2.45) is 5.16 Å². The maximum atomic E-state index is 12.1. The van der Waals surface area contributed by atoms with Gasteiger partial charge in [0.1, 0.15) is 0 Å². The van der Waals surface area contributed by atoms with Crippen LogP contribution in [0.1, 0.15) is 18.9 Å². The number of carbonyl (C=O) groups is 1. The summed E-state index contributed by atoms with van der Waals surface area (Å²) in [6, 6.07) is 9.72. The summed E-state index contributed by atoms with van der Waals surface area (Å²) in [6.45, 7) is 2.69. The van der Waals surface area contributed by atoms with Crippen LogP contribution < -0.4 is 5.32 Å². The van der Waals surface area contributed by atoms with Crippen molar-refractivity contribution in [2.45, 2.75) is 18.9 Å². The predicted molar refractivity (Wildman–Crippen MR) is 72.0 cm³/mol. The summed E-state index contributed by atoms with van der Waals surface area (Å²) in [5, 5.41) is 6.81. The van der Waals surface area contributed by atoms with Crippen LogP contribution in [0.5, 0.6) is 0 Å². The van der Waals surface area contributed by atoms with E-state index in [-0.39, 0.29) is 5.91 Å². The van der Waals surface area contributed by atoms with Crippen LogP contribution in [-0.2, 0) is 14.4 Å². The molecule has 0 aliphatic carbocycles. The normalized spacial score (nSPS) is 21.7. The summed E-state index contributed by atoms with van der Waals surface area (Å²) in [4.78, 5) is 17.4. The summed E-state index contributed by atoms with van der Waals surface area (Å²) >= 11 is 0. The molecule has 1 aliphatic heterocycles. The van der Waals surface area contributed by atoms with Crippen molar-refractivity contribution in [1.82, 2.24) is 5.32 Å². The molecule has 1 N–H and O–H groups in total. The molecule has 0 aromatic heterocycles. The van der Waals surface area contributed by atoms with Gasteiger partial charge in [0.25, 0.3) is 5.91 Å². The first kappa shape index (κ1) is 13.5. The highest BCUT2D eigenvalue weighted by Gasteiger charge is 2.41. The molecule has 2 rings (SSSR count). The summed E-state index contributed by atoms with van der Waals surface area (Å²) in [5.41, 5.74) is 0.847. The molecule has 0 fully saturated rings. The largest absolute Gasteiger partial charge is 0.383 e. The lowest BCUT2D eigenvalue weighted by molar-refractivity contribution is -0.141. The fourth-order valence-electron chi connectivity index (χ4n) is 1.90. The lowest BCUT2D eigenvalue weighted by Crippen LogP contribution is -2.45. The molecule has 0 saturated heterocycles. The zero-order valence-electron chi connectivity index (χ0n) is 11.2. The third-order valence-corrected chi connectivity index (χ3v) is 3.04. The van der Waals surface area contributed by atoms with Crippen LogP contribution in [0, 0.1) is 0 Å². The van der Waals surface area contributed by atoms with Gasteiger partial charge in [0.15, 0.2) is 0 Å². The van der Waals surface area contributed by atoms with Gasteiger partial charge in [-0.1, -0.05) is 35.5 Å². The minimum Gasteiger partial charge on any atom is -0.383 e. The number of rotatable bonds is 5. The number of nitrogens with one attached hydrogen (secondary N) is 1. The van der Waals surface area contributed by atoms with Gasteiger partial charge < -0.3 is 14.9 Å². The standard InChI is InChI=1S/C14H18N2O3/c1-14(13(17)15-8-9-18-2)10-12(16-19-14)11-6-4-3-5-7-11/h3-7H,8-10H2,1-2H3,(H,15,17)/t14-/m1/s1. The van der Waals surface area contributed by atoms with Crippen molar-refractivity contribution >= 4 is 11.6 Å². The SMILES string of the molecule is COCCNC(=O)[C@@]1(C)CC(c2ccccc2)=NO1. The smallest absolute Gasteiger partial charge is 0.267 e. The number of hydrogen-bond acceptors (Lipinski definition) is 4. The average molecular weight is 262 g/mol. The third-order valence-electron chi connectivity index (χ3n) is 3.04. The first-order valence-corrected chi connectivity index (χ1v) is 6.23. The molecular formula is C14H18N2O3. The Morgan fingerprint density at radius 2 is 2.21 bits per heavy atom. The van der Waals surface area contributed by atoms with Crippen LogP contribution in [0.15, 0.2) is 35.5 Å². The molecule has 5 nitrogen and oxygen atoms in total. The van der Waals surface area contributed by atoms with E-state index in [2.05, 4.69) is 10.5 Å². The number of benzene rings is 1. The number of amides is 1. The van der Waals surface area contributed by atoms with Gasteiger partial charge in [0, 0.05) is 20.1 Å². The minimum absolute atomic E-state index is 0.167. The van der Waals surface area contributed by atoms with Crippen LogP contribution in [0.2, 0.25) is 0 Å². The van der Waals surface area contributed by atoms with Gasteiger partial charge in [-0.3, -0.25) is 4.79 Å². The number of oxime groups is 1. The first-order valence-electron chi connectivity index (χ1n) is 6.23. The van der Waals surface area contributed by atoms with Gasteiger partial charge in [-0.05, 0) is 12.5 Å². The Labute approximate surface area is 112 Å². The van der Waals surface area contributed by atoms with Gasteiger partial charge in [-0.15, -0.1) is 0 Å². The maximum absolute atomic E-state index is 12.1. The molecule has 1 aromatic carbocycles. The van der Waals surface area contributed by atoms with E-state index in [0.29, 0.717) is 19.6 Å². The van der Waals surface area contributed by atoms with Gasteiger partial charge in [-0.2, -0.15) is 0 Å². The molecule has 102 valence electrons. The molecular weight excluding hydrogens is 244 g/mol. The van der Waals surface area contributed by atoms with Gasteiger partial charge >= 0.3 is 0 Å². The molecule has 5 heteroatoms. The quantitative estimate of drug-likeness (QED) is 0.814. The first-order chi connectivity index (χ1) is 9.15. The molecule has 0 spiro atoms. The van der Waals surface area contributed by atoms with E-state index in [4.69, 9.17) is 9.57 Å². The second-order valence-corrected chi connectivity index (χ2v) is 4.65. The van der Waals surface area contributed by atoms with Crippen LogP contribution in [0.25, 0.3) is 0 Å².